The molecule has 0 aliphatic carbocycles. The average Bonchev–Trinajstić information content (AvgIpc) is 2.94. The van der Waals surface area contributed by atoms with Crippen molar-refractivity contribution in [3.05, 3.63) is 24.0 Å². The molecule has 0 unspecified atom stereocenters. The molecule has 2 heteroatoms. The molecule has 0 saturated heterocycles. The molecule has 0 fully saturated rings. The van der Waals surface area contributed by atoms with Crippen LogP contribution in [0, 0.1) is 0 Å². The maximum Gasteiger partial charge on any atom is 0.0359 e. The number of hydrogen-bond acceptors (Lipinski definition) is 1. The van der Waals surface area contributed by atoms with Gasteiger partial charge in [-0.15, -0.1) is 0 Å². The second-order valence-electron chi connectivity index (χ2n) is 6.16. The molecular weight excluding hydrogens is 256 g/mol. The van der Waals surface area contributed by atoms with E-state index in [2.05, 4.69) is 42.1 Å². The third-order valence-electron chi connectivity index (χ3n) is 4.23. The summed E-state index contributed by atoms with van der Waals surface area (Å²) in [5.41, 5.74) is 1.42. The number of nitrogens with one attached hydrogen (secondary N) is 1. The molecule has 0 atom stereocenters. The Morgan fingerprint density at radius 2 is 1.48 bits per heavy atom. The fourth-order valence-corrected chi connectivity index (χ4v) is 2.85. The van der Waals surface area contributed by atoms with Gasteiger partial charge in [-0.05, 0) is 25.1 Å². The highest BCUT2D eigenvalue weighted by Crippen LogP contribution is 2.11. The average molecular weight is 293 g/mol. The molecule has 0 aliphatic rings. The summed E-state index contributed by atoms with van der Waals surface area (Å²) >= 11 is 0. The van der Waals surface area contributed by atoms with E-state index >= 15 is 0 Å². The van der Waals surface area contributed by atoms with Crippen molar-refractivity contribution in [1.82, 2.24) is 9.88 Å². The molecule has 0 aromatic carbocycles. The molecule has 0 amide bonds. The zero-order chi connectivity index (χ0) is 15.2. The van der Waals surface area contributed by atoms with Gasteiger partial charge in [0.05, 0.1) is 0 Å². The maximum absolute atomic E-state index is 3.41. The molecule has 1 aromatic heterocycles. The number of nitrogens with zero attached hydrogens (tertiary/aromatic N) is 1. The maximum atomic E-state index is 3.41. The summed E-state index contributed by atoms with van der Waals surface area (Å²) in [4.78, 5) is 0. The number of aryl methyl sites for hydroxylation is 1. The van der Waals surface area contributed by atoms with Crippen molar-refractivity contribution in [3.63, 3.8) is 0 Å². The minimum absolute atomic E-state index is 1.00. The lowest BCUT2D eigenvalue weighted by Gasteiger charge is -2.09. The van der Waals surface area contributed by atoms with Crippen LogP contribution < -0.4 is 5.32 Å². The first-order valence-corrected chi connectivity index (χ1v) is 9.23. The Labute approximate surface area is 132 Å². The van der Waals surface area contributed by atoms with Crippen LogP contribution in [0.25, 0.3) is 0 Å². The molecule has 0 bridgehead atoms. The second kappa shape index (κ2) is 12.9. The van der Waals surface area contributed by atoms with Crippen LogP contribution in [0.5, 0.6) is 0 Å². The predicted octanol–water partition coefficient (Wildman–Crippen LogP) is 5.52. The highest BCUT2D eigenvalue weighted by atomic mass is 15.0. The zero-order valence-electron chi connectivity index (χ0n) is 14.4. The van der Waals surface area contributed by atoms with Gasteiger partial charge in [-0.25, -0.2) is 0 Å². The van der Waals surface area contributed by atoms with E-state index in [0.29, 0.717) is 0 Å². The lowest BCUT2D eigenvalue weighted by Crippen LogP contribution is -2.15. The summed E-state index contributed by atoms with van der Waals surface area (Å²) < 4.78 is 2.41. The van der Waals surface area contributed by atoms with Crippen LogP contribution in [-0.4, -0.2) is 11.1 Å². The Balaban J connectivity index is 1.95. The lowest BCUT2D eigenvalue weighted by atomic mass is 10.1. The third kappa shape index (κ3) is 8.98. The number of hydrogen-bond donors (Lipinski definition) is 1. The Hall–Kier alpha value is -0.760. The highest BCUT2D eigenvalue weighted by molar-refractivity contribution is 5.06. The highest BCUT2D eigenvalue weighted by Gasteiger charge is 1.99. The molecule has 0 aliphatic heterocycles. The van der Waals surface area contributed by atoms with E-state index in [0.717, 1.165) is 13.1 Å². The van der Waals surface area contributed by atoms with Crippen LogP contribution in [0.3, 0.4) is 0 Å². The molecule has 1 rings (SSSR count). The van der Waals surface area contributed by atoms with Gasteiger partial charge in [0, 0.05) is 25.0 Å². The van der Waals surface area contributed by atoms with Gasteiger partial charge in [-0.1, -0.05) is 71.6 Å². The molecule has 0 radical (unpaired) electrons. The standard InChI is InChI=1S/C19H36N2/c1-3-5-6-7-8-9-10-11-12-13-16-21-17-14-15-19(21)18-20-4-2/h14-15,17,20H,3-13,16,18H2,1-2H3. The van der Waals surface area contributed by atoms with Gasteiger partial charge in [0.25, 0.3) is 0 Å². The summed E-state index contributed by atoms with van der Waals surface area (Å²) in [6.45, 7) is 7.68. The van der Waals surface area contributed by atoms with Crippen LogP contribution >= 0.6 is 0 Å². The first-order chi connectivity index (χ1) is 10.4. The predicted molar refractivity (Wildman–Crippen MR) is 93.7 cm³/mol. The molecule has 1 N–H and O–H groups in total. The van der Waals surface area contributed by atoms with Gasteiger partial charge >= 0.3 is 0 Å². The smallest absolute Gasteiger partial charge is 0.0359 e. The van der Waals surface area contributed by atoms with Crippen molar-refractivity contribution in [2.75, 3.05) is 6.54 Å². The number of unbranched alkanes of at least 4 members (excludes halogenated alkanes) is 9. The first kappa shape index (κ1) is 18.3. The van der Waals surface area contributed by atoms with E-state index in [1.807, 2.05) is 0 Å². The van der Waals surface area contributed by atoms with E-state index in [9.17, 15) is 0 Å². The molecule has 122 valence electrons. The van der Waals surface area contributed by atoms with Crippen molar-refractivity contribution in [2.45, 2.75) is 91.1 Å². The third-order valence-corrected chi connectivity index (χ3v) is 4.23. The molecule has 2 nitrogen and oxygen atoms in total. The van der Waals surface area contributed by atoms with Crippen LogP contribution in [-0.2, 0) is 13.1 Å². The molecule has 1 heterocycles. The van der Waals surface area contributed by atoms with Gasteiger partial charge in [0.1, 0.15) is 0 Å². The minimum Gasteiger partial charge on any atom is -0.350 e. The van der Waals surface area contributed by atoms with Crippen LogP contribution in [0.1, 0.15) is 83.7 Å². The van der Waals surface area contributed by atoms with E-state index < -0.39 is 0 Å². The van der Waals surface area contributed by atoms with Crippen molar-refractivity contribution < 1.29 is 0 Å². The number of rotatable bonds is 14. The van der Waals surface area contributed by atoms with Gasteiger partial charge in [0.15, 0.2) is 0 Å². The van der Waals surface area contributed by atoms with Crippen molar-refractivity contribution >= 4 is 0 Å². The summed E-state index contributed by atoms with van der Waals surface area (Å²) in [5.74, 6) is 0. The van der Waals surface area contributed by atoms with E-state index in [1.54, 1.807) is 0 Å². The summed E-state index contributed by atoms with van der Waals surface area (Å²) in [5, 5.41) is 3.41. The van der Waals surface area contributed by atoms with E-state index in [4.69, 9.17) is 0 Å². The normalized spacial score (nSPS) is 11.1. The zero-order valence-corrected chi connectivity index (χ0v) is 14.4. The van der Waals surface area contributed by atoms with Crippen molar-refractivity contribution in [2.24, 2.45) is 0 Å². The van der Waals surface area contributed by atoms with Gasteiger partial charge < -0.3 is 9.88 Å². The van der Waals surface area contributed by atoms with Gasteiger partial charge in [0.2, 0.25) is 0 Å². The lowest BCUT2D eigenvalue weighted by molar-refractivity contribution is 0.526. The Kier molecular flexibility index (Phi) is 11.3. The Morgan fingerprint density at radius 1 is 0.857 bits per heavy atom. The van der Waals surface area contributed by atoms with E-state index in [-0.39, 0.29) is 0 Å². The summed E-state index contributed by atoms with van der Waals surface area (Å²) in [6, 6.07) is 4.40. The topological polar surface area (TPSA) is 17.0 Å². The van der Waals surface area contributed by atoms with Crippen LogP contribution in [0.4, 0.5) is 0 Å². The largest absolute Gasteiger partial charge is 0.350 e. The van der Waals surface area contributed by atoms with Gasteiger partial charge in [-0.3, -0.25) is 0 Å². The molecular formula is C19H36N2. The Morgan fingerprint density at radius 3 is 2.10 bits per heavy atom. The SMILES string of the molecule is CCCCCCCCCCCCn1cccc1CNCC. The number of aromatic nitrogens is 1. The van der Waals surface area contributed by atoms with Crippen molar-refractivity contribution in [1.29, 1.82) is 0 Å². The molecule has 0 spiro atoms. The summed E-state index contributed by atoms with van der Waals surface area (Å²) in [7, 11) is 0. The fourth-order valence-electron chi connectivity index (χ4n) is 2.85. The van der Waals surface area contributed by atoms with Crippen molar-refractivity contribution in [3.8, 4) is 0 Å². The Bertz CT molecular complexity index is 330. The quantitative estimate of drug-likeness (QED) is 0.447. The van der Waals surface area contributed by atoms with Crippen LogP contribution in [0.15, 0.2) is 18.3 Å². The van der Waals surface area contributed by atoms with Gasteiger partial charge in [-0.2, -0.15) is 0 Å². The second-order valence-corrected chi connectivity index (χ2v) is 6.16. The summed E-state index contributed by atoms with van der Waals surface area (Å²) in [6.07, 6.45) is 16.3. The van der Waals surface area contributed by atoms with Crippen LogP contribution in [0.2, 0.25) is 0 Å². The molecule has 21 heavy (non-hydrogen) atoms. The van der Waals surface area contributed by atoms with E-state index in [1.165, 1.54) is 76.4 Å². The minimum atomic E-state index is 1.00. The molecule has 1 aromatic rings. The molecule has 0 saturated carbocycles. The fraction of sp³-hybridized carbons (Fsp3) is 0.789. The monoisotopic (exact) mass is 292 g/mol. The first-order valence-electron chi connectivity index (χ1n) is 9.23.